The van der Waals surface area contributed by atoms with Gasteiger partial charge in [-0.05, 0) is 36.8 Å². The van der Waals surface area contributed by atoms with E-state index in [9.17, 15) is 0 Å². The van der Waals surface area contributed by atoms with Gasteiger partial charge in [-0.3, -0.25) is 0 Å². The van der Waals surface area contributed by atoms with E-state index in [1.54, 1.807) is 6.07 Å². The number of aliphatic hydroxyl groups excluding tert-OH is 1. The van der Waals surface area contributed by atoms with Gasteiger partial charge in [-0.2, -0.15) is 0 Å². The molecule has 0 atom stereocenters. The normalized spacial score (nSPS) is 10.6. The summed E-state index contributed by atoms with van der Waals surface area (Å²) in [5.74, 6) is 1.54. The highest BCUT2D eigenvalue weighted by Crippen LogP contribution is 2.19. The molecule has 0 bridgehead atoms. The summed E-state index contributed by atoms with van der Waals surface area (Å²) in [6, 6.07) is 15.1. The Morgan fingerprint density at radius 2 is 1.91 bits per heavy atom. The molecule has 5 nitrogen and oxygen atoms in total. The van der Waals surface area contributed by atoms with Crippen LogP contribution in [0.3, 0.4) is 0 Å². The molecule has 22 heavy (non-hydrogen) atoms. The zero-order valence-corrected chi connectivity index (χ0v) is 12.2. The first-order valence-corrected chi connectivity index (χ1v) is 6.96. The van der Waals surface area contributed by atoms with Crippen LogP contribution in [-0.4, -0.2) is 15.3 Å². The number of aryl methyl sites for hydroxylation is 1. The van der Waals surface area contributed by atoms with Crippen molar-refractivity contribution in [3.63, 3.8) is 0 Å². The van der Waals surface area contributed by atoms with Crippen molar-refractivity contribution >= 4 is 0 Å². The Morgan fingerprint density at radius 1 is 1.09 bits per heavy atom. The minimum absolute atomic E-state index is 0.0185. The summed E-state index contributed by atoms with van der Waals surface area (Å²) in [7, 11) is 0. The molecule has 1 aromatic heterocycles. The molecule has 5 heteroatoms. The van der Waals surface area contributed by atoms with Crippen LogP contribution in [0.2, 0.25) is 0 Å². The second kappa shape index (κ2) is 6.41. The Morgan fingerprint density at radius 3 is 2.68 bits per heavy atom. The second-order valence-corrected chi connectivity index (χ2v) is 4.96. The molecule has 0 spiro atoms. The van der Waals surface area contributed by atoms with E-state index in [0.717, 1.165) is 11.1 Å². The predicted molar refractivity (Wildman–Crippen MR) is 81.2 cm³/mol. The molecule has 0 radical (unpaired) electrons. The fraction of sp³-hybridized carbons (Fsp3) is 0.176. The fourth-order valence-electron chi connectivity index (χ4n) is 2.00. The molecule has 112 valence electrons. The lowest BCUT2D eigenvalue weighted by Gasteiger charge is -2.04. The van der Waals surface area contributed by atoms with Gasteiger partial charge in [-0.25, -0.2) is 0 Å². The van der Waals surface area contributed by atoms with Crippen LogP contribution >= 0.6 is 0 Å². The molecule has 0 aliphatic heterocycles. The van der Waals surface area contributed by atoms with Crippen molar-refractivity contribution < 1.29 is 14.3 Å². The smallest absolute Gasteiger partial charge is 0.254 e. The first-order chi connectivity index (χ1) is 10.7. The summed E-state index contributed by atoms with van der Waals surface area (Å²) in [5.41, 5.74) is 2.85. The van der Waals surface area contributed by atoms with E-state index in [0.29, 0.717) is 17.5 Å². The summed E-state index contributed by atoms with van der Waals surface area (Å²) < 4.78 is 11.2. The lowest BCUT2D eigenvalue weighted by atomic mass is 10.1. The molecule has 1 heterocycles. The largest absolute Gasteiger partial charge is 0.484 e. The summed E-state index contributed by atoms with van der Waals surface area (Å²) >= 11 is 0. The average molecular weight is 296 g/mol. The van der Waals surface area contributed by atoms with Crippen molar-refractivity contribution in [2.45, 2.75) is 20.1 Å². The van der Waals surface area contributed by atoms with Crippen LogP contribution in [0.25, 0.3) is 11.5 Å². The van der Waals surface area contributed by atoms with E-state index in [2.05, 4.69) is 10.2 Å². The maximum absolute atomic E-state index is 9.10. The third-order valence-electron chi connectivity index (χ3n) is 3.21. The molecule has 0 aliphatic carbocycles. The Labute approximate surface area is 128 Å². The zero-order chi connectivity index (χ0) is 15.4. The van der Waals surface area contributed by atoms with Crippen molar-refractivity contribution in [3.05, 3.63) is 65.5 Å². The van der Waals surface area contributed by atoms with E-state index in [-0.39, 0.29) is 13.2 Å². The minimum Gasteiger partial charge on any atom is -0.484 e. The Bertz CT molecular complexity index is 751. The van der Waals surface area contributed by atoms with Crippen molar-refractivity contribution in [1.82, 2.24) is 10.2 Å². The predicted octanol–water partition coefficient (Wildman–Crippen LogP) is 3.12. The van der Waals surface area contributed by atoms with Crippen LogP contribution in [0.5, 0.6) is 5.75 Å². The first kappa shape index (κ1) is 14.3. The van der Waals surface area contributed by atoms with Gasteiger partial charge in [0, 0.05) is 5.56 Å². The highest BCUT2D eigenvalue weighted by Gasteiger charge is 2.09. The number of aromatic nitrogens is 2. The number of hydrogen-bond acceptors (Lipinski definition) is 5. The van der Waals surface area contributed by atoms with Crippen LogP contribution in [0.4, 0.5) is 0 Å². The molecular weight excluding hydrogens is 280 g/mol. The van der Waals surface area contributed by atoms with Gasteiger partial charge in [-0.15, -0.1) is 10.2 Å². The Hall–Kier alpha value is -2.66. The van der Waals surface area contributed by atoms with Crippen molar-refractivity contribution in [2.75, 3.05) is 0 Å². The summed E-state index contributed by atoms with van der Waals surface area (Å²) in [5, 5.41) is 17.1. The molecule has 0 amide bonds. The van der Waals surface area contributed by atoms with Crippen LogP contribution in [0, 0.1) is 6.92 Å². The standard InChI is InChI=1S/C17H16N2O3/c1-12-5-7-14(8-6-12)17-19-18-16(22-17)11-21-15-4-2-3-13(9-15)10-20/h2-9,20H,10-11H2,1H3. The van der Waals surface area contributed by atoms with Gasteiger partial charge < -0.3 is 14.3 Å². The number of nitrogens with zero attached hydrogens (tertiary/aromatic N) is 2. The van der Waals surface area contributed by atoms with Gasteiger partial charge in [0.15, 0.2) is 6.61 Å². The van der Waals surface area contributed by atoms with E-state index in [4.69, 9.17) is 14.3 Å². The summed E-state index contributed by atoms with van der Waals surface area (Å²) in [6.45, 7) is 2.19. The Balaban J connectivity index is 1.67. The molecule has 0 unspecified atom stereocenters. The number of hydrogen-bond donors (Lipinski definition) is 1. The number of aliphatic hydroxyl groups is 1. The van der Waals surface area contributed by atoms with Crippen molar-refractivity contribution in [1.29, 1.82) is 0 Å². The maximum atomic E-state index is 9.10. The minimum atomic E-state index is -0.0185. The molecule has 0 saturated carbocycles. The molecule has 3 aromatic rings. The maximum Gasteiger partial charge on any atom is 0.254 e. The summed E-state index contributed by atoms with van der Waals surface area (Å²) in [4.78, 5) is 0. The molecule has 0 aliphatic rings. The van der Waals surface area contributed by atoms with Gasteiger partial charge in [0.2, 0.25) is 5.89 Å². The van der Waals surface area contributed by atoms with Crippen molar-refractivity contribution in [3.8, 4) is 17.2 Å². The molecule has 0 saturated heterocycles. The number of ether oxygens (including phenoxy) is 1. The van der Waals surface area contributed by atoms with Crippen LogP contribution < -0.4 is 4.74 Å². The third kappa shape index (κ3) is 3.32. The number of rotatable bonds is 5. The third-order valence-corrected chi connectivity index (χ3v) is 3.21. The molecule has 2 aromatic carbocycles. The topological polar surface area (TPSA) is 68.4 Å². The number of benzene rings is 2. The second-order valence-electron chi connectivity index (χ2n) is 4.96. The van der Waals surface area contributed by atoms with Gasteiger partial charge in [0.1, 0.15) is 5.75 Å². The van der Waals surface area contributed by atoms with Crippen LogP contribution in [-0.2, 0) is 13.2 Å². The fourth-order valence-corrected chi connectivity index (χ4v) is 2.00. The molecule has 1 N–H and O–H groups in total. The zero-order valence-electron chi connectivity index (χ0n) is 12.2. The van der Waals surface area contributed by atoms with E-state index in [1.165, 1.54) is 5.56 Å². The highest BCUT2D eigenvalue weighted by molar-refractivity contribution is 5.52. The molecular formula is C17H16N2O3. The van der Waals surface area contributed by atoms with Crippen LogP contribution in [0.1, 0.15) is 17.0 Å². The van der Waals surface area contributed by atoms with Gasteiger partial charge >= 0.3 is 0 Å². The van der Waals surface area contributed by atoms with Crippen LogP contribution in [0.15, 0.2) is 52.9 Å². The first-order valence-electron chi connectivity index (χ1n) is 6.96. The lowest BCUT2D eigenvalue weighted by molar-refractivity contribution is 0.260. The van der Waals surface area contributed by atoms with Gasteiger partial charge in [0.05, 0.1) is 6.61 Å². The molecule has 0 fully saturated rings. The lowest BCUT2D eigenvalue weighted by Crippen LogP contribution is -1.96. The summed E-state index contributed by atoms with van der Waals surface area (Å²) in [6.07, 6.45) is 0. The van der Waals surface area contributed by atoms with E-state index < -0.39 is 0 Å². The molecule has 3 rings (SSSR count). The Kier molecular flexibility index (Phi) is 4.16. The SMILES string of the molecule is Cc1ccc(-c2nnc(COc3cccc(CO)c3)o2)cc1. The van der Waals surface area contributed by atoms with Gasteiger partial charge in [-0.1, -0.05) is 29.8 Å². The quantitative estimate of drug-likeness (QED) is 0.783. The van der Waals surface area contributed by atoms with E-state index >= 15 is 0 Å². The van der Waals surface area contributed by atoms with Gasteiger partial charge in [0.25, 0.3) is 5.89 Å². The average Bonchev–Trinajstić information content (AvgIpc) is 3.03. The van der Waals surface area contributed by atoms with Crippen molar-refractivity contribution in [2.24, 2.45) is 0 Å². The highest BCUT2D eigenvalue weighted by atomic mass is 16.5. The van der Waals surface area contributed by atoms with E-state index in [1.807, 2.05) is 49.4 Å². The monoisotopic (exact) mass is 296 g/mol.